The van der Waals surface area contributed by atoms with Gasteiger partial charge in [-0.25, -0.2) is 18.7 Å². The largest absolute Gasteiger partial charge is 0.462 e. The highest BCUT2D eigenvalue weighted by Crippen LogP contribution is 2.37. The molecule has 3 aromatic rings. The van der Waals surface area contributed by atoms with Crippen molar-refractivity contribution in [2.75, 3.05) is 18.1 Å². The Morgan fingerprint density at radius 1 is 1.48 bits per heavy atom. The van der Waals surface area contributed by atoms with Crippen LogP contribution in [0.5, 0.6) is 0 Å². The predicted molar refractivity (Wildman–Crippen MR) is 114 cm³/mol. The second-order valence-corrected chi connectivity index (χ2v) is 7.33. The van der Waals surface area contributed by atoms with Gasteiger partial charge in [-0.05, 0) is 57.1 Å². The van der Waals surface area contributed by atoms with E-state index >= 15 is 0 Å². The van der Waals surface area contributed by atoms with E-state index in [1.165, 1.54) is 23.7 Å². The summed E-state index contributed by atoms with van der Waals surface area (Å²) in [4.78, 5) is 22.8. The number of rotatable bonds is 7. The molecule has 0 bridgehead atoms. The lowest BCUT2D eigenvalue weighted by atomic mass is 9.98. The first-order valence-corrected chi connectivity index (χ1v) is 10.2. The van der Waals surface area contributed by atoms with Crippen LogP contribution in [0.25, 0.3) is 5.65 Å². The van der Waals surface area contributed by atoms with Crippen LogP contribution in [0.3, 0.4) is 0 Å². The zero-order valence-corrected chi connectivity index (χ0v) is 17.4. The topological polar surface area (TPSA) is 98.6 Å². The lowest BCUT2D eigenvalue weighted by Gasteiger charge is -2.27. The van der Waals surface area contributed by atoms with E-state index in [0.29, 0.717) is 30.9 Å². The number of nitrogens with two attached hydrogens (primary N) is 1. The van der Waals surface area contributed by atoms with Gasteiger partial charge in [-0.15, -0.1) is 0 Å². The number of pyridine rings is 1. The van der Waals surface area contributed by atoms with Gasteiger partial charge in [-0.2, -0.15) is 5.10 Å². The Hall–Kier alpha value is -3.07. The molecule has 1 fully saturated rings. The van der Waals surface area contributed by atoms with Gasteiger partial charge >= 0.3 is 5.97 Å². The van der Waals surface area contributed by atoms with Crippen molar-refractivity contribution in [1.82, 2.24) is 19.6 Å². The SMILES string of the molecule is [2H]C([2H])(c1ncc(F)cc1C1CCCN1c1ccn2ncc(C(=O)OCC)c2n1)C([2H])([2H])[C@@H](C)N. The van der Waals surface area contributed by atoms with Gasteiger partial charge in [0.05, 0.1) is 25.0 Å². The third kappa shape index (κ3) is 4.36. The second-order valence-electron chi connectivity index (χ2n) is 7.33. The summed E-state index contributed by atoms with van der Waals surface area (Å²) in [5.41, 5.74) is 6.31. The smallest absolute Gasteiger partial charge is 0.343 e. The van der Waals surface area contributed by atoms with Crippen molar-refractivity contribution < 1.29 is 19.4 Å². The Balaban J connectivity index is 1.79. The first-order chi connectivity index (χ1) is 16.5. The number of ether oxygens (including phenoxy) is 1. The molecule has 9 heteroatoms. The van der Waals surface area contributed by atoms with Gasteiger partial charge in [0, 0.05) is 30.0 Å². The average Bonchev–Trinajstić information content (AvgIpc) is 3.45. The number of hydrogen-bond acceptors (Lipinski definition) is 7. The maximum Gasteiger partial charge on any atom is 0.343 e. The highest BCUT2D eigenvalue weighted by atomic mass is 19.1. The Bertz CT molecular complexity index is 1250. The van der Waals surface area contributed by atoms with E-state index in [0.717, 1.165) is 6.20 Å². The van der Waals surface area contributed by atoms with Crippen molar-refractivity contribution in [2.45, 2.75) is 51.5 Å². The van der Waals surface area contributed by atoms with Gasteiger partial charge in [0.25, 0.3) is 0 Å². The van der Waals surface area contributed by atoms with E-state index in [2.05, 4.69) is 15.1 Å². The summed E-state index contributed by atoms with van der Waals surface area (Å²) in [6.45, 7) is 3.83. The molecule has 0 amide bonds. The zero-order valence-electron chi connectivity index (χ0n) is 21.4. The number of carbonyl (C=O) groups is 1. The lowest BCUT2D eigenvalue weighted by molar-refractivity contribution is 0.0528. The van der Waals surface area contributed by atoms with Gasteiger partial charge in [-0.1, -0.05) is 0 Å². The molecule has 0 aromatic carbocycles. The van der Waals surface area contributed by atoms with Crippen molar-refractivity contribution in [3.63, 3.8) is 0 Å². The van der Waals surface area contributed by atoms with Crippen LogP contribution in [-0.4, -0.2) is 44.7 Å². The fourth-order valence-corrected chi connectivity index (χ4v) is 3.73. The van der Waals surface area contributed by atoms with Crippen molar-refractivity contribution in [1.29, 1.82) is 0 Å². The summed E-state index contributed by atoms with van der Waals surface area (Å²) in [6, 6.07) is 1.25. The minimum Gasteiger partial charge on any atom is -0.462 e. The summed E-state index contributed by atoms with van der Waals surface area (Å²) in [7, 11) is 0. The monoisotopic (exact) mass is 430 g/mol. The number of aromatic nitrogens is 4. The van der Waals surface area contributed by atoms with Crippen molar-refractivity contribution in [3.05, 3.63) is 53.4 Å². The zero-order chi connectivity index (χ0) is 25.5. The van der Waals surface area contributed by atoms with Crippen LogP contribution >= 0.6 is 0 Å². The Labute approximate surface area is 185 Å². The summed E-state index contributed by atoms with van der Waals surface area (Å²) in [5, 5.41) is 4.14. The van der Waals surface area contributed by atoms with Crippen LogP contribution in [0.1, 0.15) is 66.2 Å². The molecular weight excluding hydrogens is 399 g/mol. The minimum atomic E-state index is -2.58. The molecule has 1 aliphatic rings. The summed E-state index contributed by atoms with van der Waals surface area (Å²) in [6.07, 6.45) is 0.124. The second kappa shape index (κ2) is 8.97. The molecular formula is C22H27FN6O2. The molecule has 0 saturated carbocycles. The number of esters is 1. The number of hydrogen-bond donors (Lipinski definition) is 1. The Kier molecular flexibility index (Phi) is 4.80. The van der Waals surface area contributed by atoms with Crippen LogP contribution in [0.2, 0.25) is 0 Å². The minimum absolute atomic E-state index is 0.198. The van der Waals surface area contributed by atoms with Gasteiger partial charge in [0.2, 0.25) is 0 Å². The molecule has 0 spiro atoms. The highest BCUT2D eigenvalue weighted by Gasteiger charge is 2.30. The number of anilines is 1. The normalized spacial score (nSPS) is 20.1. The molecule has 4 rings (SSSR count). The van der Waals surface area contributed by atoms with Gasteiger partial charge < -0.3 is 15.4 Å². The van der Waals surface area contributed by atoms with Gasteiger partial charge in [0.15, 0.2) is 5.65 Å². The van der Waals surface area contributed by atoms with Crippen molar-refractivity contribution in [3.8, 4) is 0 Å². The van der Waals surface area contributed by atoms with Gasteiger partial charge in [-0.3, -0.25) is 4.98 Å². The molecule has 164 valence electrons. The quantitative estimate of drug-likeness (QED) is 0.575. The molecule has 1 unspecified atom stereocenters. The Morgan fingerprint density at radius 3 is 3.10 bits per heavy atom. The van der Waals surface area contributed by atoms with Crippen LogP contribution in [-0.2, 0) is 11.1 Å². The molecule has 31 heavy (non-hydrogen) atoms. The first-order valence-electron chi connectivity index (χ1n) is 12.2. The predicted octanol–water partition coefficient (Wildman–Crippen LogP) is 3.06. The molecule has 1 aliphatic heterocycles. The van der Waals surface area contributed by atoms with Crippen LogP contribution in [0.15, 0.2) is 30.7 Å². The third-order valence-electron chi connectivity index (χ3n) is 5.06. The summed E-state index contributed by atoms with van der Waals surface area (Å²) >= 11 is 0. The van der Waals surface area contributed by atoms with E-state index in [1.54, 1.807) is 19.2 Å². The van der Waals surface area contributed by atoms with E-state index < -0.39 is 36.6 Å². The highest BCUT2D eigenvalue weighted by molar-refractivity contribution is 5.95. The van der Waals surface area contributed by atoms with Crippen molar-refractivity contribution >= 4 is 17.4 Å². The van der Waals surface area contributed by atoms with E-state index in [-0.39, 0.29) is 23.4 Å². The first kappa shape index (κ1) is 16.6. The number of halogens is 1. The standard InChI is InChI=1S/C22H27FN6O2/c1-3-31-22(30)17-13-26-29-10-8-20(27-21(17)29)28-9-4-5-19(28)16-11-15(23)12-25-18(16)7-6-14(2)24/h8,10-14,19H,3-7,9,24H2,1-2H3/t14-,19?/m1/s1/i6D2,7D2. The third-order valence-corrected chi connectivity index (χ3v) is 5.06. The fourth-order valence-electron chi connectivity index (χ4n) is 3.73. The summed E-state index contributed by atoms with van der Waals surface area (Å²) in [5.74, 6) is -0.721. The molecule has 2 atom stereocenters. The molecule has 4 heterocycles. The number of carbonyl (C=O) groups excluding carboxylic acids is 1. The molecule has 0 aliphatic carbocycles. The van der Waals surface area contributed by atoms with E-state index in [1.807, 2.05) is 4.90 Å². The van der Waals surface area contributed by atoms with Gasteiger partial charge in [0.1, 0.15) is 17.2 Å². The lowest BCUT2D eigenvalue weighted by Crippen LogP contribution is -2.25. The maximum absolute atomic E-state index is 14.4. The molecule has 8 nitrogen and oxygen atoms in total. The fraction of sp³-hybridized carbons (Fsp3) is 0.455. The molecule has 2 N–H and O–H groups in total. The number of aryl methyl sites for hydroxylation is 1. The molecule has 0 radical (unpaired) electrons. The Morgan fingerprint density at radius 2 is 2.32 bits per heavy atom. The van der Waals surface area contributed by atoms with Crippen LogP contribution in [0, 0.1) is 5.82 Å². The summed E-state index contributed by atoms with van der Waals surface area (Å²) < 4.78 is 54.6. The van der Waals surface area contributed by atoms with Crippen LogP contribution < -0.4 is 10.6 Å². The number of fused-ring (bicyclic) bond motifs is 1. The van der Waals surface area contributed by atoms with E-state index in [4.69, 9.17) is 16.0 Å². The van der Waals surface area contributed by atoms with E-state index in [9.17, 15) is 9.18 Å². The number of nitrogens with zero attached hydrogens (tertiary/aromatic N) is 5. The molecule has 1 saturated heterocycles. The molecule has 3 aromatic heterocycles. The van der Waals surface area contributed by atoms with Crippen molar-refractivity contribution in [2.24, 2.45) is 5.73 Å². The maximum atomic E-state index is 14.4. The average molecular weight is 431 g/mol. The van der Waals surface area contributed by atoms with Crippen LogP contribution in [0.4, 0.5) is 10.2 Å².